The Hall–Kier alpha value is -1.33. The van der Waals surface area contributed by atoms with Gasteiger partial charge in [0.2, 0.25) is 0 Å². The van der Waals surface area contributed by atoms with Gasteiger partial charge < -0.3 is 39.7 Å². The van der Waals surface area contributed by atoms with Crippen molar-refractivity contribution < 1.29 is 44.5 Å². The second kappa shape index (κ2) is 13.2. The molecule has 264 valence electrons. The third kappa shape index (κ3) is 6.64. The maximum absolute atomic E-state index is 12.5. The third-order valence-electron chi connectivity index (χ3n) is 13.3. The predicted octanol–water partition coefficient (Wildman–Crippen LogP) is 4.67. The molecule has 3 unspecified atom stereocenters. The average Bonchev–Trinajstić information content (AvgIpc) is 3.34. The minimum Gasteiger partial charge on any atom is -0.469 e. The summed E-state index contributed by atoms with van der Waals surface area (Å²) in [6.45, 7) is 20.4. The molecule has 0 aromatic rings. The van der Waals surface area contributed by atoms with Gasteiger partial charge in [-0.25, -0.2) is 0 Å². The number of rotatable bonds is 10. The summed E-state index contributed by atoms with van der Waals surface area (Å²) in [7, 11) is 1.42. The molecule has 4 fully saturated rings. The van der Waals surface area contributed by atoms with Crippen molar-refractivity contribution in [1.29, 1.82) is 0 Å². The van der Waals surface area contributed by atoms with Gasteiger partial charge in [0.25, 0.3) is 0 Å². The second-order valence-electron chi connectivity index (χ2n) is 16.8. The van der Waals surface area contributed by atoms with Crippen LogP contribution in [0.2, 0.25) is 0 Å². The average molecular weight is 651 g/mol. The van der Waals surface area contributed by atoms with Gasteiger partial charge in [-0.05, 0) is 119 Å². The smallest absolute Gasteiger partial charge is 0.305 e. The van der Waals surface area contributed by atoms with Crippen LogP contribution in [0.1, 0.15) is 107 Å². The number of esters is 1. The highest BCUT2D eigenvalue weighted by molar-refractivity contribution is 5.69. The molecule has 1 saturated heterocycles. The molecule has 1 aliphatic heterocycles. The Kier molecular flexibility index (Phi) is 10.7. The Labute approximate surface area is 276 Å². The van der Waals surface area contributed by atoms with E-state index in [1.807, 2.05) is 13.0 Å². The van der Waals surface area contributed by atoms with Crippen LogP contribution in [0.3, 0.4) is 0 Å². The van der Waals surface area contributed by atoms with E-state index in [-0.39, 0.29) is 45.9 Å². The topological polar surface area (TPSA) is 146 Å². The molecule has 0 amide bonds. The molecule has 0 aromatic carbocycles. The van der Waals surface area contributed by atoms with Gasteiger partial charge in [0.15, 0.2) is 6.29 Å². The molecule has 4 rings (SSSR count). The highest BCUT2D eigenvalue weighted by Gasteiger charge is 2.70. The van der Waals surface area contributed by atoms with E-state index >= 15 is 0 Å². The van der Waals surface area contributed by atoms with Crippen LogP contribution in [0.15, 0.2) is 24.3 Å². The predicted molar refractivity (Wildman–Crippen MR) is 175 cm³/mol. The number of aliphatic hydroxyl groups is 5. The summed E-state index contributed by atoms with van der Waals surface area (Å²) in [4.78, 5) is 12.5. The molecule has 4 aliphatic rings. The van der Waals surface area contributed by atoms with E-state index in [1.165, 1.54) is 7.11 Å². The summed E-state index contributed by atoms with van der Waals surface area (Å²) in [6, 6.07) is 0. The van der Waals surface area contributed by atoms with Crippen LogP contribution in [-0.4, -0.2) is 86.6 Å². The zero-order chi connectivity index (χ0) is 34.6. The van der Waals surface area contributed by atoms with E-state index in [0.29, 0.717) is 25.7 Å². The van der Waals surface area contributed by atoms with Gasteiger partial charge in [-0.2, -0.15) is 0 Å². The molecule has 9 heteroatoms. The summed E-state index contributed by atoms with van der Waals surface area (Å²) in [5, 5.41) is 54.5. The molecule has 14 atom stereocenters. The summed E-state index contributed by atoms with van der Waals surface area (Å²) in [5.74, 6) is -0.199. The number of carbonyl (C=O) groups is 1. The number of fused-ring (bicyclic) bond motifs is 3. The van der Waals surface area contributed by atoms with Gasteiger partial charge in [-0.1, -0.05) is 45.1 Å². The number of allylic oxidation sites excluding steroid dienone is 1. The fourth-order valence-corrected chi connectivity index (χ4v) is 10.6. The van der Waals surface area contributed by atoms with Gasteiger partial charge in [-0.3, -0.25) is 4.79 Å². The molecule has 0 spiro atoms. The largest absolute Gasteiger partial charge is 0.469 e. The van der Waals surface area contributed by atoms with Crippen molar-refractivity contribution >= 4 is 5.97 Å². The zero-order valence-electron chi connectivity index (χ0n) is 29.7. The molecule has 0 bridgehead atoms. The van der Waals surface area contributed by atoms with E-state index in [2.05, 4.69) is 34.3 Å². The monoisotopic (exact) mass is 650 g/mol. The molecule has 46 heavy (non-hydrogen) atoms. The van der Waals surface area contributed by atoms with Crippen LogP contribution >= 0.6 is 0 Å². The molecule has 0 aromatic heterocycles. The van der Waals surface area contributed by atoms with Crippen molar-refractivity contribution in [3.8, 4) is 0 Å². The normalized spacial score (nSPS) is 46.0. The molecule has 3 aliphatic carbocycles. The van der Waals surface area contributed by atoms with Crippen molar-refractivity contribution in [3.05, 3.63) is 24.3 Å². The summed E-state index contributed by atoms with van der Waals surface area (Å²) >= 11 is 0. The minimum absolute atomic E-state index is 0.110. The quantitative estimate of drug-likeness (QED) is 0.129. The number of methoxy groups -OCH3 is 1. The first-order chi connectivity index (χ1) is 21.1. The Balaban J connectivity index is 1.80. The Bertz CT molecular complexity index is 1140. The minimum atomic E-state index is -1.44. The van der Waals surface area contributed by atoms with E-state index < -0.39 is 48.0 Å². The van der Waals surface area contributed by atoms with Crippen molar-refractivity contribution in [1.82, 2.24) is 0 Å². The van der Waals surface area contributed by atoms with Crippen LogP contribution in [0.4, 0.5) is 0 Å². The molecular weight excluding hydrogens is 588 g/mol. The van der Waals surface area contributed by atoms with Gasteiger partial charge in [-0.15, -0.1) is 0 Å². The standard InChI is InChI=1S/C37H62O9/c1-21(2)23-12-18-35(7)26(34(23,6)17-14-27(38)44-10)20-25(46-32-31(41)30(40)29(39)22(3)45-32)28-24(13-19-36(28,35)8)37(9,43)16-11-15-33(4,5)42/h11,15,22-26,28-32,39-43H,1,12-14,16-20H2,2-10H3/b15-11+/t22-,23+,24?,25-,26?,28?,29-,30+,31-,32+,34+,35-,36-,37+/m1/s1. The Morgan fingerprint density at radius 3 is 2.24 bits per heavy atom. The van der Waals surface area contributed by atoms with Gasteiger partial charge in [0.05, 0.1) is 30.5 Å². The molecule has 0 radical (unpaired) electrons. The van der Waals surface area contributed by atoms with E-state index in [0.717, 1.165) is 31.3 Å². The lowest BCUT2D eigenvalue weighted by Gasteiger charge is -2.68. The van der Waals surface area contributed by atoms with E-state index in [1.54, 1.807) is 26.8 Å². The first-order valence-corrected chi connectivity index (χ1v) is 17.3. The summed E-state index contributed by atoms with van der Waals surface area (Å²) in [6.07, 6.45) is 2.60. The van der Waals surface area contributed by atoms with Crippen LogP contribution < -0.4 is 0 Å². The molecule has 3 saturated carbocycles. The SMILES string of the molecule is C=C(C)[C@@H]1CC[C@]2(C)C(C[C@@H](O[C@@H]3O[C@H](C)[C@@H](O)[C@H](O)[C@H]3O)C3C([C@@](C)(O)C/C=C/C(C)(C)O)CC[C@]32C)[C@@]1(C)CCC(=O)OC. The van der Waals surface area contributed by atoms with Crippen molar-refractivity contribution in [2.75, 3.05) is 7.11 Å². The molecule has 5 N–H and O–H groups in total. The molecular formula is C37H62O9. The highest BCUT2D eigenvalue weighted by atomic mass is 16.7. The summed E-state index contributed by atoms with van der Waals surface area (Å²) in [5.41, 5.74) is -1.73. The van der Waals surface area contributed by atoms with Crippen LogP contribution in [0.25, 0.3) is 0 Å². The van der Waals surface area contributed by atoms with Gasteiger partial charge in [0, 0.05) is 6.42 Å². The third-order valence-corrected chi connectivity index (χ3v) is 13.3. The van der Waals surface area contributed by atoms with Crippen molar-refractivity contribution in [2.24, 2.45) is 39.9 Å². The van der Waals surface area contributed by atoms with Gasteiger partial charge >= 0.3 is 5.97 Å². The van der Waals surface area contributed by atoms with Crippen LogP contribution in [0.5, 0.6) is 0 Å². The lowest BCUT2D eigenvalue weighted by molar-refractivity contribution is -0.327. The van der Waals surface area contributed by atoms with Gasteiger partial charge in [0.1, 0.15) is 18.3 Å². The maximum Gasteiger partial charge on any atom is 0.305 e. The Morgan fingerprint density at radius 1 is 1.02 bits per heavy atom. The lowest BCUT2D eigenvalue weighted by atomic mass is 9.37. The Morgan fingerprint density at radius 2 is 1.65 bits per heavy atom. The fourth-order valence-electron chi connectivity index (χ4n) is 10.6. The summed E-state index contributed by atoms with van der Waals surface area (Å²) < 4.78 is 17.9. The highest BCUT2D eigenvalue weighted by Crippen LogP contribution is 2.74. The number of aliphatic hydroxyl groups excluding tert-OH is 3. The number of hydrogen-bond acceptors (Lipinski definition) is 9. The van der Waals surface area contributed by atoms with E-state index in [4.69, 9.17) is 14.2 Å². The molecule has 1 heterocycles. The molecule has 9 nitrogen and oxygen atoms in total. The van der Waals surface area contributed by atoms with E-state index in [9.17, 15) is 30.3 Å². The van der Waals surface area contributed by atoms with Crippen LogP contribution in [0, 0.1) is 39.9 Å². The van der Waals surface area contributed by atoms with Crippen molar-refractivity contribution in [2.45, 2.75) is 155 Å². The first-order valence-electron chi connectivity index (χ1n) is 17.3. The fraction of sp³-hybridized carbons (Fsp3) is 0.865. The first kappa shape index (κ1) is 37.5. The van der Waals surface area contributed by atoms with Crippen LogP contribution in [-0.2, 0) is 19.0 Å². The number of carbonyl (C=O) groups excluding carboxylic acids is 1. The van der Waals surface area contributed by atoms with Crippen molar-refractivity contribution in [3.63, 3.8) is 0 Å². The number of ether oxygens (including phenoxy) is 3. The zero-order valence-corrected chi connectivity index (χ0v) is 29.7. The lowest BCUT2D eigenvalue weighted by Crippen LogP contribution is -2.65. The maximum atomic E-state index is 12.5. The number of hydrogen-bond donors (Lipinski definition) is 5. The second-order valence-corrected chi connectivity index (χ2v) is 16.8.